The second kappa shape index (κ2) is 7.18. The first-order valence-electron chi connectivity index (χ1n) is 8.64. The molecule has 0 amide bonds. The summed E-state index contributed by atoms with van der Waals surface area (Å²) in [6, 6.07) is 13.2. The third kappa shape index (κ3) is 3.85. The molecule has 1 N–H and O–H groups in total. The van der Waals surface area contributed by atoms with Crippen LogP contribution in [0.5, 0.6) is 5.75 Å². The number of carbonyl (C=O) groups is 1. The molecule has 126 valence electrons. The lowest BCUT2D eigenvalue weighted by Gasteiger charge is -2.31. The Balaban J connectivity index is 1.58. The van der Waals surface area contributed by atoms with Crippen molar-refractivity contribution in [3.63, 3.8) is 0 Å². The number of benzene rings is 2. The molecule has 0 spiro atoms. The summed E-state index contributed by atoms with van der Waals surface area (Å²) in [5, 5.41) is 9.35. The minimum absolute atomic E-state index is 0.101. The maximum atomic E-state index is 12.6. The molecule has 24 heavy (non-hydrogen) atoms. The molecule has 1 aliphatic rings. The van der Waals surface area contributed by atoms with Gasteiger partial charge in [-0.15, -0.1) is 0 Å². The van der Waals surface area contributed by atoms with E-state index in [-0.39, 0.29) is 17.5 Å². The number of carbonyl (C=O) groups excluding carboxylic acids is 1. The standard InChI is InChI=1S/C21H25NO2/c1-15-3-4-16(2)19(13-15)14-22-11-9-18(10-12-22)21(24)17-5-7-20(23)8-6-17/h3-8,13,18,23H,9-12,14H2,1-2H3. The quantitative estimate of drug-likeness (QED) is 0.861. The topological polar surface area (TPSA) is 40.5 Å². The maximum absolute atomic E-state index is 12.6. The van der Waals surface area contributed by atoms with Crippen LogP contribution in [-0.2, 0) is 6.54 Å². The normalized spacial score (nSPS) is 16.2. The van der Waals surface area contributed by atoms with Crippen LogP contribution in [0.15, 0.2) is 42.5 Å². The molecule has 2 aromatic rings. The van der Waals surface area contributed by atoms with Crippen molar-refractivity contribution in [3.8, 4) is 5.75 Å². The Morgan fingerprint density at radius 3 is 2.42 bits per heavy atom. The SMILES string of the molecule is Cc1ccc(C)c(CN2CCC(C(=O)c3ccc(O)cc3)CC2)c1. The first kappa shape index (κ1) is 16.7. The van der Waals surface area contributed by atoms with E-state index in [1.54, 1.807) is 24.3 Å². The fraction of sp³-hybridized carbons (Fsp3) is 0.381. The van der Waals surface area contributed by atoms with E-state index in [0.29, 0.717) is 5.56 Å². The molecule has 3 nitrogen and oxygen atoms in total. The largest absolute Gasteiger partial charge is 0.508 e. The minimum atomic E-state index is 0.101. The van der Waals surface area contributed by atoms with Gasteiger partial charge in [-0.25, -0.2) is 0 Å². The summed E-state index contributed by atoms with van der Waals surface area (Å²) in [6.07, 6.45) is 1.81. The van der Waals surface area contributed by atoms with Crippen LogP contribution in [0.1, 0.15) is 39.9 Å². The van der Waals surface area contributed by atoms with Gasteiger partial charge in [0.15, 0.2) is 5.78 Å². The van der Waals surface area contributed by atoms with Crippen LogP contribution in [-0.4, -0.2) is 28.9 Å². The number of hydrogen-bond donors (Lipinski definition) is 1. The number of Topliss-reactive ketones (excluding diaryl/α,β-unsaturated/α-hetero) is 1. The summed E-state index contributed by atoms with van der Waals surface area (Å²) in [6.45, 7) is 7.18. The predicted molar refractivity (Wildman–Crippen MR) is 96.4 cm³/mol. The van der Waals surface area contributed by atoms with Crippen LogP contribution in [0.2, 0.25) is 0 Å². The van der Waals surface area contributed by atoms with Crippen LogP contribution in [0.4, 0.5) is 0 Å². The number of nitrogens with zero attached hydrogens (tertiary/aromatic N) is 1. The molecule has 2 aromatic carbocycles. The number of aromatic hydroxyl groups is 1. The van der Waals surface area contributed by atoms with Gasteiger partial charge in [-0.2, -0.15) is 0 Å². The molecule has 1 heterocycles. The van der Waals surface area contributed by atoms with Crippen LogP contribution in [0, 0.1) is 19.8 Å². The van der Waals surface area contributed by atoms with Crippen molar-refractivity contribution in [2.75, 3.05) is 13.1 Å². The molecular formula is C21H25NO2. The van der Waals surface area contributed by atoms with E-state index in [1.165, 1.54) is 16.7 Å². The van der Waals surface area contributed by atoms with Gasteiger partial charge < -0.3 is 5.11 Å². The van der Waals surface area contributed by atoms with E-state index < -0.39 is 0 Å². The van der Waals surface area contributed by atoms with Crippen LogP contribution >= 0.6 is 0 Å². The lowest BCUT2D eigenvalue weighted by atomic mass is 9.88. The maximum Gasteiger partial charge on any atom is 0.166 e. The number of phenolic OH excluding ortho intramolecular Hbond substituents is 1. The highest BCUT2D eigenvalue weighted by molar-refractivity contribution is 5.98. The van der Waals surface area contributed by atoms with E-state index >= 15 is 0 Å². The number of ketones is 1. The number of phenols is 1. The van der Waals surface area contributed by atoms with Gasteiger partial charge in [0, 0.05) is 18.0 Å². The Bertz CT molecular complexity index is 713. The number of hydrogen-bond acceptors (Lipinski definition) is 3. The second-order valence-electron chi connectivity index (χ2n) is 6.89. The zero-order valence-corrected chi connectivity index (χ0v) is 14.5. The number of aryl methyl sites for hydroxylation is 2. The fourth-order valence-corrected chi connectivity index (χ4v) is 3.43. The second-order valence-corrected chi connectivity index (χ2v) is 6.89. The average molecular weight is 323 g/mol. The van der Waals surface area contributed by atoms with Gasteiger partial charge in [-0.05, 0) is 75.2 Å². The van der Waals surface area contributed by atoms with Gasteiger partial charge in [0.05, 0.1) is 0 Å². The van der Waals surface area contributed by atoms with E-state index in [2.05, 4.69) is 36.9 Å². The molecular weight excluding hydrogens is 298 g/mol. The average Bonchev–Trinajstić information content (AvgIpc) is 2.59. The zero-order chi connectivity index (χ0) is 17.1. The van der Waals surface area contributed by atoms with E-state index in [4.69, 9.17) is 0 Å². The molecule has 0 bridgehead atoms. The Morgan fingerprint density at radius 1 is 1.08 bits per heavy atom. The molecule has 0 aliphatic carbocycles. The molecule has 0 aromatic heterocycles. The van der Waals surface area contributed by atoms with E-state index in [0.717, 1.165) is 32.5 Å². The van der Waals surface area contributed by atoms with Gasteiger partial charge in [0.1, 0.15) is 5.75 Å². The summed E-state index contributed by atoms with van der Waals surface area (Å²) < 4.78 is 0. The summed E-state index contributed by atoms with van der Waals surface area (Å²) in [5.74, 6) is 0.515. The summed E-state index contributed by atoms with van der Waals surface area (Å²) >= 11 is 0. The van der Waals surface area contributed by atoms with Crippen molar-refractivity contribution in [1.29, 1.82) is 0 Å². The highest BCUT2D eigenvalue weighted by atomic mass is 16.3. The van der Waals surface area contributed by atoms with Gasteiger partial charge >= 0.3 is 0 Å². The van der Waals surface area contributed by atoms with Crippen molar-refractivity contribution in [1.82, 2.24) is 4.90 Å². The van der Waals surface area contributed by atoms with Gasteiger partial charge in [-0.1, -0.05) is 23.8 Å². The van der Waals surface area contributed by atoms with Crippen molar-refractivity contribution >= 4 is 5.78 Å². The Labute approximate surface area is 143 Å². The lowest BCUT2D eigenvalue weighted by molar-refractivity contribution is 0.0834. The van der Waals surface area contributed by atoms with Gasteiger partial charge in [0.2, 0.25) is 0 Å². The lowest BCUT2D eigenvalue weighted by Crippen LogP contribution is -2.36. The molecule has 0 atom stereocenters. The molecule has 1 saturated heterocycles. The Kier molecular flexibility index (Phi) is 5.00. The number of rotatable bonds is 4. The monoisotopic (exact) mass is 323 g/mol. The molecule has 0 radical (unpaired) electrons. The van der Waals surface area contributed by atoms with Crippen molar-refractivity contribution in [2.24, 2.45) is 5.92 Å². The van der Waals surface area contributed by atoms with Gasteiger partial charge in [-0.3, -0.25) is 9.69 Å². The predicted octanol–water partition coefficient (Wildman–Crippen LogP) is 4.10. The highest BCUT2D eigenvalue weighted by Gasteiger charge is 2.26. The summed E-state index contributed by atoms with van der Waals surface area (Å²) in [4.78, 5) is 15.0. The van der Waals surface area contributed by atoms with Crippen LogP contribution < -0.4 is 0 Å². The number of piperidine rings is 1. The summed E-state index contributed by atoms with van der Waals surface area (Å²) in [5.41, 5.74) is 4.73. The zero-order valence-electron chi connectivity index (χ0n) is 14.5. The highest BCUT2D eigenvalue weighted by Crippen LogP contribution is 2.24. The smallest absolute Gasteiger partial charge is 0.166 e. The number of likely N-dealkylation sites (tertiary alicyclic amines) is 1. The van der Waals surface area contributed by atoms with Gasteiger partial charge in [0.25, 0.3) is 0 Å². The molecule has 3 rings (SSSR count). The minimum Gasteiger partial charge on any atom is -0.508 e. The molecule has 0 unspecified atom stereocenters. The molecule has 1 aliphatic heterocycles. The summed E-state index contributed by atoms with van der Waals surface area (Å²) in [7, 11) is 0. The Morgan fingerprint density at radius 2 is 1.75 bits per heavy atom. The van der Waals surface area contributed by atoms with E-state index in [1.807, 2.05) is 0 Å². The molecule has 0 saturated carbocycles. The van der Waals surface area contributed by atoms with E-state index in [9.17, 15) is 9.90 Å². The third-order valence-electron chi connectivity index (χ3n) is 5.01. The third-order valence-corrected chi connectivity index (χ3v) is 5.01. The van der Waals surface area contributed by atoms with Crippen molar-refractivity contribution in [2.45, 2.75) is 33.2 Å². The van der Waals surface area contributed by atoms with Crippen molar-refractivity contribution < 1.29 is 9.90 Å². The first-order chi connectivity index (χ1) is 11.5. The Hall–Kier alpha value is -2.13. The van der Waals surface area contributed by atoms with Crippen molar-refractivity contribution in [3.05, 3.63) is 64.7 Å². The molecule has 3 heteroatoms. The molecule has 1 fully saturated rings. The van der Waals surface area contributed by atoms with Crippen LogP contribution in [0.25, 0.3) is 0 Å². The first-order valence-corrected chi connectivity index (χ1v) is 8.64. The fourth-order valence-electron chi connectivity index (χ4n) is 3.43. The van der Waals surface area contributed by atoms with Crippen LogP contribution in [0.3, 0.4) is 0 Å².